The van der Waals surface area contributed by atoms with E-state index >= 15 is 0 Å². The third kappa shape index (κ3) is 2.45. The fourth-order valence-corrected chi connectivity index (χ4v) is 2.66. The number of para-hydroxylation sites is 1. The second-order valence-electron chi connectivity index (χ2n) is 5.08. The maximum absolute atomic E-state index is 6.01. The Bertz CT molecular complexity index is 783. The number of pyridine rings is 2. The molecule has 0 spiro atoms. The standard InChI is InChI=1S/C17H18N4/c1-11-10-15(21-14-8-4-3-6-12(11)14)16(19-2)13-7-5-9-20-17(13)18/h3-10,16,19H,1-2H3,(H2,18,20). The van der Waals surface area contributed by atoms with Crippen molar-refractivity contribution >= 4 is 16.7 Å². The topological polar surface area (TPSA) is 63.8 Å². The number of hydrogen-bond donors (Lipinski definition) is 2. The molecule has 0 aliphatic heterocycles. The summed E-state index contributed by atoms with van der Waals surface area (Å²) in [7, 11) is 1.91. The predicted octanol–water partition coefficient (Wildman–Crippen LogP) is 2.83. The van der Waals surface area contributed by atoms with E-state index in [2.05, 4.69) is 29.4 Å². The number of nitrogens with two attached hydrogens (primary N) is 1. The van der Waals surface area contributed by atoms with E-state index in [9.17, 15) is 0 Å². The first-order valence-electron chi connectivity index (χ1n) is 6.94. The van der Waals surface area contributed by atoms with Crippen LogP contribution in [0.25, 0.3) is 10.9 Å². The zero-order valence-corrected chi connectivity index (χ0v) is 12.2. The molecule has 3 rings (SSSR count). The number of hydrogen-bond acceptors (Lipinski definition) is 4. The van der Waals surface area contributed by atoms with Crippen LogP contribution in [0.15, 0.2) is 48.7 Å². The van der Waals surface area contributed by atoms with Crippen LogP contribution in [0.5, 0.6) is 0 Å². The zero-order valence-electron chi connectivity index (χ0n) is 12.2. The van der Waals surface area contributed by atoms with Gasteiger partial charge in [-0.15, -0.1) is 0 Å². The Labute approximate surface area is 124 Å². The average molecular weight is 278 g/mol. The third-order valence-corrected chi connectivity index (χ3v) is 3.71. The Hall–Kier alpha value is -2.46. The molecule has 0 saturated heterocycles. The fraction of sp³-hybridized carbons (Fsp3) is 0.176. The van der Waals surface area contributed by atoms with Crippen LogP contribution in [0.1, 0.15) is 22.9 Å². The van der Waals surface area contributed by atoms with Crippen molar-refractivity contribution in [3.05, 3.63) is 65.5 Å². The normalized spacial score (nSPS) is 12.5. The van der Waals surface area contributed by atoms with E-state index in [1.54, 1.807) is 6.20 Å². The van der Waals surface area contributed by atoms with Crippen molar-refractivity contribution in [3.63, 3.8) is 0 Å². The Morgan fingerprint density at radius 3 is 2.71 bits per heavy atom. The Morgan fingerprint density at radius 2 is 1.95 bits per heavy atom. The van der Waals surface area contributed by atoms with Crippen LogP contribution >= 0.6 is 0 Å². The van der Waals surface area contributed by atoms with Crippen LogP contribution in [0.4, 0.5) is 5.82 Å². The number of benzene rings is 1. The van der Waals surface area contributed by atoms with Crippen molar-refractivity contribution in [2.75, 3.05) is 12.8 Å². The molecule has 0 aliphatic carbocycles. The van der Waals surface area contributed by atoms with Crippen molar-refractivity contribution in [2.24, 2.45) is 0 Å². The van der Waals surface area contributed by atoms with Gasteiger partial charge in [0.2, 0.25) is 0 Å². The van der Waals surface area contributed by atoms with Crippen molar-refractivity contribution in [3.8, 4) is 0 Å². The summed E-state index contributed by atoms with van der Waals surface area (Å²) in [6, 6.07) is 14.1. The van der Waals surface area contributed by atoms with E-state index in [4.69, 9.17) is 10.7 Å². The van der Waals surface area contributed by atoms with Gasteiger partial charge in [-0.3, -0.25) is 4.98 Å². The van der Waals surface area contributed by atoms with Gasteiger partial charge in [0, 0.05) is 17.1 Å². The number of nitrogen functional groups attached to an aromatic ring is 1. The highest BCUT2D eigenvalue weighted by Crippen LogP contribution is 2.27. The smallest absolute Gasteiger partial charge is 0.128 e. The van der Waals surface area contributed by atoms with Crippen LogP contribution in [0.2, 0.25) is 0 Å². The molecule has 106 valence electrons. The summed E-state index contributed by atoms with van der Waals surface area (Å²) in [6.45, 7) is 2.10. The van der Waals surface area contributed by atoms with E-state index in [0.29, 0.717) is 5.82 Å². The summed E-state index contributed by atoms with van der Waals surface area (Å²) in [6.07, 6.45) is 1.70. The molecule has 0 radical (unpaired) electrons. The summed E-state index contributed by atoms with van der Waals surface area (Å²) in [5.74, 6) is 0.532. The molecule has 1 atom stereocenters. The maximum atomic E-state index is 6.01. The average Bonchev–Trinajstić information content (AvgIpc) is 2.50. The van der Waals surface area contributed by atoms with Crippen molar-refractivity contribution < 1.29 is 0 Å². The lowest BCUT2D eigenvalue weighted by Gasteiger charge is -2.18. The molecule has 0 bridgehead atoms. The molecule has 1 unspecified atom stereocenters. The maximum Gasteiger partial charge on any atom is 0.128 e. The Morgan fingerprint density at radius 1 is 1.14 bits per heavy atom. The lowest BCUT2D eigenvalue weighted by molar-refractivity contribution is 0.673. The molecule has 3 N–H and O–H groups in total. The number of fused-ring (bicyclic) bond motifs is 1. The van der Waals surface area contributed by atoms with E-state index in [-0.39, 0.29) is 6.04 Å². The molecule has 3 aromatic rings. The molecular weight excluding hydrogens is 260 g/mol. The Kier molecular flexibility index (Phi) is 3.54. The number of aromatic nitrogens is 2. The summed E-state index contributed by atoms with van der Waals surface area (Å²) >= 11 is 0. The summed E-state index contributed by atoms with van der Waals surface area (Å²) in [5.41, 5.74) is 10.1. The SMILES string of the molecule is CNC(c1cc(C)c2ccccc2n1)c1cccnc1N. The lowest BCUT2D eigenvalue weighted by atomic mass is 10.0. The first kappa shape index (κ1) is 13.5. The second kappa shape index (κ2) is 5.50. The van der Waals surface area contributed by atoms with Crippen molar-refractivity contribution in [1.82, 2.24) is 15.3 Å². The number of aryl methyl sites for hydroxylation is 1. The number of rotatable bonds is 3. The van der Waals surface area contributed by atoms with Gasteiger partial charge >= 0.3 is 0 Å². The number of nitrogens with zero attached hydrogens (tertiary/aromatic N) is 2. The van der Waals surface area contributed by atoms with Crippen LogP contribution < -0.4 is 11.1 Å². The minimum atomic E-state index is -0.0676. The van der Waals surface area contributed by atoms with Crippen molar-refractivity contribution in [2.45, 2.75) is 13.0 Å². The molecule has 2 heterocycles. The van der Waals surface area contributed by atoms with E-state index < -0.39 is 0 Å². The molecule has 0 amide bonds. The number of anilines is 1. The molecule has 1 aromatic carbocycles. The van der Waals surface area contributed by atoms with Crippen LogP contribution in [-0.2, 0) is 0 Å². The quantitative estimate of drug-likeness (QED) is 0.773. The van der Waals surface area contributed by atoms with Gasteiger partial charge in [0.25, 0.3) is 0 Å². The molecule has 2 aromatic heterocycles. The largest absolute Gasteiger partial charge is 0.383 e. The zero-order chi connectivity index (χ0) is 14.8. The van der Waals surface area contributed by atoms with Gasteiger partial charge in [0.15, 0.2) is 0 Å². The molecular formula is C17H18N4. The van der Waals surface area contributed by atoms with Crippen LogP contribution in [0.3, 0.4) is 0 Å². The minimum Gasteiger partial charge on any atom is -0.383 e. The minimum absolute atomic E-state index is 0.0676. The first-order valence-corrected chi connectivity index (χ1v) is 6.94. The fourth-order valence-electron chi connectivity index (χ4n) is 2.66. The van der Waals surface area contributed by atoms with E-state index in [0.717, 1.165) is 16.8 Å². The van der Waals surface area contributed by atoms with Gasteiger partial charge in [-0.05, 0) is 37.7 Å². The van der Waals surface area contributed by atoms with Crippen molar-refractivity contribution in [1.29, 1.82) is 0 Å². The lowest BCUT2D eigenvalue weighted by Crippen LogP contribution is -2.20. The van der Waals surface area contributed by atoms with Gasteiger partial charge in [-0.1, -0.05) is 24.3 Å². The molecule has 4 heteroatoms. The monoisotopic (exact) mass is 278 g/mol. The summed E-state index contributed by atoms with van der Waals surface area (Å²) in [4.78, 5) is 8.95. The summed E-state index contributed by atoms with van der Waals surface area (Å²) < 4.78 is 0. The first-order chi connectivity index (χ1) is 10.2. The van der Waals surface area contributed by atoms with Gasteiger partial charge in [0.05, 0.1) is 17.3 Å². The third-order valence-electron chi connectivity index (χ3n) is 3.71. The Balaban J connectivity index is 2.16. The number of nitrogens with one attached hydrogen (secondary N) is 1. The highest BCUT2D eigenvalue weighted by Gasteiger charge is 2.17. The van der Waals surface area contributed by atoms with E-state index in [1.165, 1.54) is 10.9 Å². The van der Waals surface area contributed by atoms with E-state index in [1.807, 2.05) is 37.4 Å². The van der Waals surface area contributed by atoms with Gasteiger partial charge in [0.1, 0.15) is 5.82 Å². The molecule has 4 nitrogen and oxygen atoms in total. The van der Waals surface area contributed by atoms with Crippen LogP contribution in [-0.4, -0.2) is 17.0 Å². The van der Waals surface area contributed by atoms with Crippen LogP contribution in [0, 0.1) is 6.92 Å². The van der Waals surface area contributed by atoms with Gasteiger partial charge in [-0.2, -0.15) is 0 Å². The highest BCUT2D eigenvalue weighted by molar-refractivity contribution is 5.82. The molecule has 21 heavy (non-hydrogen) atoms. The second-order valence-corrected chi connectivity index (χ2v) is 5.08. The molecule has 0 saturated carbocycles. The predicted molar refractivity (Wildman–Crippen MR) is 86.0 cm³/mol. The summed E-state index contributed by atoms with van der Waals surface area (Å²) in [5, 5.41) is 4.46. The molecule has 0 fully saturated rings. The van der Waals surface area contributed by atoms with Gasteiger partial charge < -0.3 is 11.1 Å². The highest BCUT2D eigenvalue weighted by atomic mass is 14.9. The van der Waals surface area contributed by atoms with Gasteiger partial charge in [-0.25, -0.2) is 4.98 Å². The molecule has 0 aliphatic rings.